The second kappa shape index (κ2) is 5.45. The summed E-state index contributed by atoms with van der Waals surface area (Å²) >= 11 is 0. The van der Waals surface area contributed by atoms with E-state index in [2.05, 4.69) is 39.6 Å². The predicted molar refractivity (Wildman–Crippen MR) is 76.4 cm³/mol. The summed E-state index contributed by atoms with van der Waals surface area (Å²) in [5.41, 5.74) is 3.47. The van der Waals surface area contributed by atoms with E-state index in [0.717, 1.165) is 43.1 Å². The van der Waals surface area contributed by atoms with Gasteiger partial charge in [-0.2, -0.15) is 0 Å². The summed E-state index contributed by atoms with van der Waals surface area (Å²) in [5.74, 6) is 1.51. The number of aromatic nitrogens is 2. The molecule has 2 heterocycles. The second-order valence-electron chi connectivity index (χ2n) is 4.90. The third kappa shape index (κ3) is 2.63. The maximum absolute atomic E-state index is 5.40. The van der Waals surface area contributed by atoms with Crippen molar-refractivity contribution in [3.8, 4) is 11.4 Å². The van der Waals surface area contributed by atoms with Crippen LogP contribution < -0.4 is 5.32 Å². The Morgan fingerprint density at radius 2 is 1.95 bits per heavy atom. The lowest BCUT2D eigenvalue weighted by Crippen LogP contribution is -2.14. The highest BCUT2D eigenvalue weighted by atomic mass is 16.5. The molecule has 1 saturated heterocycles. The quantitative estimate of drug-likeness (QED) is 0.888. The minimum absolute atomic E-state index is 0.562. The molecule has 1 fully saturated rings. The predicted octanol–water partition coefficient (Wildman–Crippen LogP) is 3.01. The third-order valence-corrected chi connectivity index (χ3v) is 3.70. The molecule has 0 unspecified atom stereocenters. The van der Waals surface area contributed by atoms with Gasteiger partial charge >= 0.3 is 0 Å². The lowest BCUT2D eigenvalue weighted by Gasteiger charge is -2.20. The fraction of sp³-hybridized carbons (Fsp3) is 0.400. The Morgan fingerprint density at radius 1 is 1.21 bits per heavy atom. The van der Waals surface area contributed by atoms with Crippen molar-refractivity contribution in [2.24, 2.45) is 0 Å². The Bertz CT molecular complexity index is 527. The minimum Gasteiger partial charge on any atom is -0.388 e. The molecule has 0 atom stereocenters. The molecule has 0 spiro atoms. The number of hydrogen-bond donors (Lipinski definition) is 2. The summed E-state index contributed by atoms with van der Waals surface area (Å²) in [6, 6.07) is 8.29. The van der Waals surface area contributed by atoms with Gasteiger partial charge < -0.3 is 15.0 Å². The molecule has 2 aromatic rings. The van der Waals surface area contributed by atoms with Crippen LogP contribution in [0.3, 0.4) is 0 Å². The van der Waals surface area contributed by atoms with Crippen LogP contribution in [0, 0.1) is 0 Å². The molecule has 1 aromatic heterocycles. The fourth-order valence-corrected chi connectivity index (χ4v) is 2.49. The number of aromatic amines is 1. The Balaban J connectivity index is 1.79. The number of imidazole rings is 1. The molecular formula is C15H19N3O. The molecular weight excluding hydrogens is 238 g/mol. The van der Waals surface area contributed by atoms with Crippen LogP contribution in [0.25, 0.3) is 11.4 Å². The maximum Gasteiger partial charge on any atom is 0.137 e. The average Bonchev–Trinajstić information content (AvgIpc) is 2.98. The van der Waals surface area contributed by atoms with E-state index in [1.165, 1.54) is 5.69 Å². The van der Waals surface area contributed by atoms with E-state index in [1.807, 2.05) is 13.2 Å². The first-order chi connectivity index (χ1) is 9.36. The molecule has 1 aromatic carbocycles. The van der Waals surface area contributed by atoms with Crippen molar-refractivity contribution in [1.29, 1.82) is 0 Å². The highest BCUT2D eigenvalue weighted by Crippen LogP contribution is 2.27. The van der Waals surface area contributed by atoms with E-state index < -0.39 is 0 Å². The SMILES string of the molecule is CNc1ccc(-c2ncc(C3CCOCC3)[nH]2)cc1. The molecule has 19 heavy (non-hydrogen) atoms. The van der Waals surface area contributed by atoms with Crippen molar-refractivity contribution in [1.82, 2.24) is 9.97 Å². The number of nitrogens with one attached hydrogen (secondary N) is 2. The average molecular weight is 257 g/mol. The van der Waals surface area contributed by atoms with E-state index in [9.17, 15) is 0 Å². The standard InChI is InChI=1S/C15H19N3O/c1-16-13-4-2-12(3-5-13)15-17-10-14(18-15)11-6-8-19-9-7-11/h2-5,10-11,16H,6-9H2,1H3,(H,17,18). The van der Waals surface area contributed by atoms with Crippen molar-refractivity contribution >= 4 is 5.69 Å². The zero-order chi connectivity index (χ0) is 13.1. The summed E-state index contributed by atoms with van der Waals surface area (Å²) in [5, 5.41) is 3.12. The lowest BCUT2D eigenvalue weighted by atomic mass is 9.97. The number of hydrogen-bond acceptors (Lipinski definition) is 3. The smallest absolute Gasteiger partial charge is 0.137 e. The fourth-order valence-electron chi connectivity index (χ4n) is 2.49. The second-order valence-corrected chi connectivity index (χ2v) is 4.90. The topological polar surface area (TPSA) is 49.9 Å². The Labute approximate surface area is 113 Å². The number of H-pyrrole nitrogens is 1. The molecule has 0 bridgehead atoms. The van der Waals surface area contributed by atoms with Crippen LogP contribution in [0.1, 0.15) is 24.5 Å². The van der Waals surface area contributed by atoms with Gasteiger partial charge in [0.15, 0.2) is 0 Å². The van der Waals surface area contributed by atoms with E-state index in [0.29, 0.717) is 5.92 Å². The Hall–Kier alpha value is -1.81. The summed E-state index contributed by atoms with van der Waals surface area (Å²) < 4.78 is 5.40. The van der Waals surface area contributed by atoms with Crippen LogP contribution in [0.2, 0.25) is 0 Å². The highest BCUT2D eigenvalue weighted by Gasteiger charge is 2.18. The maximum atomic E-state index is 5.40. The Morgan fingerprint density at radius 3 is 2.63 bits per heavy atom. The number of nitrogens with zero attached hydrogens (tertiary/aromatic N) is 1. The van der Waals surface area contributed by atoms with Crippen LogP contribution >= 0.6 is 0 Å². The van der Waals surface area contributed by atoms with Gasteiger partial charge in [-0.15, -0.1) is 0 Å². The normalized spacial score (nSPS) is 16.5. The molecule has 4 heteroatoms. The molecule has 0 amide bonds. The van der Waals surface area contributed by atoms with Gasteiger partial charge in [0.25, 0.3) is 0 Å². The van der Waals surface area contributed by atoms with E-state index in [4.69, 9.17) is 4.74 Å². The van der Waals surface area contributed by atoms with Gasteiger partial charge in [-0.25, -0.2) is 4.98 Å². The van der Waals surface area contributed by atoms with Crippen molar-refractivity contribution in [3.05, 3.63) is 36.2 Å². The molecule has 3 rings (SSSR count). The molecule has 4 nitrogen and oxygen atoms in total. The Kier molecular flexibility index (Phi) is 3.51. The van der Waals surface area contributed by atoms with Crippen molar-refractivity contribution in [2.75, 3.05) is 25.6 Å². The van der Waals surface area contributed by atoms with Crippen LogP contribution in [0.15, 0.2) is 30.5 Å². The van der Waals surface area contributed by atoms with Gasteiger partial charge in [-0.3, -0.25) is 0 Å². The third-order valence-electron chi connectivity index (χ3n) is 3.70. The molecule has 1 aliphatic heterocycles. The summed E-state index contributed by atoms with van der Waals surface area (Å²) in [6.45, 7) is 1.71. The first-order valence-corrected chi connectivity index (χ1v) is 6.77. The monoisotopic (exact) mass is 257 g/mol. The van der Waals surface area contributed by atoms with Gasteiger partial charge in [0.2, 0.25) is 0 Å². The van der Waals surface area contributed by atoms with Crippen LogP contribution in [-0.4, -0.2) is 30.2 Å². The molecule has 0 aliphatic carbocycles. The van der Waals surface area contributed by atoms with Gasteiger partial charge in [0.05, 0.1) is 0 Å². The largest absolute Gasteiger partial charge is 0.388 e. The summed E-state index contributed by atoms with van der Waals surface area (Å²) in [4.78, 5) is 7.95. The van der Waals surface area contributed by atoms with Crippen molar-refractivity contribution in [2.45, 2.75) is 18.8 Å². The zero-order valence-corrected chi connectivity index (χ0v) is 11.1. The van der Waals surface area contributed by atoms with Gasteiger partial charge in [0, 0.05) is 49.3 Å². The number of ether oxygens (including phenoxy) is 1. The lowest BCUT2D eigenvalue weighted by molar-refractivity contribution is 0.0846. The molecule has 0 saturated carbocycles. The first kappa shape index (κ1) is 12.2. The number of rotatable bonds is 3. The summed E-state index contributed by atoms with van der Waals surface area (Å²) in [6.07, 6.45) is 4.14. The number of anilines is 1. The van der Waals surface area contributed by atoms with E-state index in [1.54, 1.807) is 0 Å². The molecule has 2 N–H and O–H groups in total. The van der Waals surface area contributed by atoms with Crippen LogP contribution in [0.5, 0.6) is 0 Å². The van der Waals surface area contributed by atoms with E-state index >= 15 is 0 Å². The first-order valence-electron chi connectivity index (χ1n) is 6.77. The molecule has 1 aliphatic rings. The summed E-state index contributed by atoms with van der Waals surface area (Å²) in [7, 11) is 1.92. The van der Waals surface area contributed by atoms with E-state index in [-0.39, 0.29) is 0 Å². The minimum atomic E-state index is 0.562. The molecule has 100 valence electrons. The van der Waals surface area contributed by atoms with Gasteiger partial charge in [0.1, 0.15) is 5.82 Å². The zero-order valence-electron chi connectivity index (χ0n) is 11.1. The van der Waals surface area contributed by atoms with Crippen LogP contribution in [-0.2, 0) is 4.74 Å². The van der Waals surface area contributed by atoms with Crippen LogP contribution in [0.4, 0.5) is 5.69 Å². The molecule has 0 radical (unpaired) electrons. The van der Waals surface area contributed by atoms with Crippen molar-refractivity contribution in [3.63, 3.8) is 0 Å². The number of benzene rings is 1. The highest BCUT2D eigenvalue weighted by molar-refractivity contribution is 5.59. The van der Waals surface area contributed by atoms with Gasteiger partial charge in [-0.05, 0) is 37.1 Å². The van der Waals surface area contributed by atoms with Crippen molar-refractivity contribution < 1.29 is 4.74 Å². The van der Waals surface area contributed by atoms with Gasteiger partial charge in [-0.1, -0.05) is 0 Å².